The Balaban J connectivity index is 0.000000532. The summed E-state index contributed by atoms with van der Waals surface area (Å²) < 4.78 is 1.74. The van der Waals surface area contributed by atoms with Crippen LogP contribution in [0.4, 0.5) is 0 Å². The van der Waals surface area contributed by atoms with Gasteiger partial charge in [0.05, 0.1) is 17.4 Å². The van der Waals surface area contributed by atoms with Crippen LogP contribution in [-0.4, -0.2) is 67.6 Å². The number of fused-ring (bicyclic) bond motifs is 1. The Morgan fingerprint density at radius 2 is 1.85 bits per heavy atom. The minimum Gasteiger partial charge on any atom is -0.402 e. The van der Waals surface area contributed by atoms with Crippen LogP contribution in [0.5, 0.6) is 0 Å². The molecule has 39 heavy (non-hydrogen) atoms. The lowest BCUT2D eigenvalue weighted by molar-refractivity contribution is -0.122. The van der Waals surface area contributed by atoms with Crippen LogP contribution in [0.15, 0.2) is 48.3 Å². The van der Waals surface area contributed by atoms with Gasteiger partial charge in [-0.3, -0.25) is 9.59 Å². The van der Waals surface area contributed by atoms with E-state index >= 15 is 0 Å². The normalized spacial score (nSPS) is 15.5. The number of benzene rings is 1. The molecular weight excluding hydrogens is 490 g/mol. The average Bonchev–Trinajstić information content (AvgIpc) is 3.25. The smallest absolute Gasteiger partial charge is 0.274 e. The highest BCUT2D eigenvalue weighted by atomic mass is 16.2. The van der Waals surface area contributed by atoms with E-state index in [0.29, 0.717) is 42.4 Å². The molecule has 2 aromatic heterocycles. The summed E-state index contributed by atoms with van der Waals surface area (Å²) in [5.74, 6) is -0.136. The van der Waals surface area contributed by atoms with Crippen molar-refractivity contribution >= 4 is 23.7 Å². The molecule has 0 aliphatic carbocycles. The molecule has 1 aliphatic rings. The second-order valence-electron chi connectivity index (χ2n) is 11.9. The lowest BCUT2D eigenvalue weighted by Gasteiger charge is -2.45. The van der Waals surface area contributed by atoms with Crippen molar-refractivity contribution in [3.8, 4) is 11.3 Å². The SMILES string of the molecule is CC(=N)/C=C(/C)N.Cc1cccc(-c2cc(C(C)(C)C)c3nc(C(=O)N4CCN(C=O)CC4(C)C)cn3n2)c1. The monoisotopic (exact) mass is 531 g/mol. The van der Waals surface area contributed by atoms with Crippen molar-refractivity contribution < 1.29 is 9.59 Å². The van der Waals surface area contributed by atoms with Gasteiger partial charge in [-0.2, -0.15) is 5.10 Å². The molecule has 2 amide bonds. The summed E-state index contributed by atoms with van der Waals surface area (Å²) in [6.07, 6.45) is 4.19. The van der Waals surface area contributed by atoms with E-state index in [1.807, 2.05) is 30.9 Å². The second kappa shape index (κ2) is 11.4. The molecule has 0 unspecified atom stereocenters. The van der Waals surface area contributed by atoms with Gasteiger partial charge in [-0.1, -0.05) is 44.5 Å². The lowest BCUT2D eigenvalue weighted by Crippen LogP contribution is -2.60. The maximum Gasteiger partial charge on any atom is 0.274 e. The van der Waals surface area contributed by atoms with Gasteiger partial charge >= 0.3 is 0 Å². The molecule has 9 nitrogen and oxygen atoms in total. The summed E-state index contributed by atoms with van der Waals surface area (Å²) in [7, 11) is 0. The molecule has 208 valence electrons. The van der Waals surface area contributed by atoms with Crippen LogP contribution >= 0.6 is 0 Å². The van der Waals surface area contributed by atoms with Crippen molar-refractivity contribution in [3.63, 3.8) is 0 Å². The largest absolute Gasteiger partial charge is 0.402 e. The van der Waals surface area contributed by atoms with Gasteiger partial charge in [0.1, 0.15) is 5.69 Å². The predicted molar refractivity (Wildman–Crippen MR) is 156 cm³/mol. The van der Waals surface area contributed by atoms with Crippen LogP contribution in [-0.2, 0) is 10.2 Å². The van der Waals surface area contributed by atoms with E-state index in [0.717, 1.165) is 23.2 Å². The van der Waals surface area contributed by atoms with Crippen LogP contribution in [0.3, 0.4) is 0 Å². The van der Waals surface area contributed by atoms with Crippen LogP contribution in [0.2, 0.25) is 0 Å². The number of hydrogen-bond donors (Lipinski definition) is 2. The van der Waals surface area contributed by atoms with Gasteiger partial charge in [-0.25, -0.2) is 9.50 Å². The number of aromatic nitrogens is 3. The molecule has 0 saturated carbocycles. The van der Waals surface area contributed by atoms with Gasteiger partial charge in [-0.05, 0) is 58.2 Å². The summed E-state index contributed by atoms with van der Waals surface area (Å²) in [5.41, 5.74) is 10.9. The number of aryl methyl sites for hydroxylation is 1. The number of rotatable bonds is 4. The Kier molecular flexibility index (Phi) is 8.63. The topological polar surface area (TPSA) is 121 Å². The number of nitrogens with two attached hydrogens (primary N) is 1. The summed E-state index contributed by atoms with van der Waals surface area (Å²) in [6, 6.07) is 10.3. The molecular formula is C30H41N7O2. The first-order valence-corrected chi connectivity index (χ1v) is 13.1. The van der Waals surface area contributed by atoms with Gasteiger partial charge in [0, 0.05) is 42.2 Å². The minimum absolute atomic E-state index is 0.136. The zero-order chi connectivity index (χ0) is 29.1. The lowest BCUT2D eigenvalue weighted by atomic mass is 9.87. The zero-order valence-corrected chi connectivity index (χ0v) is 24.4. The Bertz CT molecular complexity index is 1410. The third kappa shape index (κ3) is 7.10. The maximum atomic E-state index is 13.5. The maximum absolute atomic E-state index is 13.5. The molecule has 9 heteroatoms. The van der Waals surface area contributed by atoms with Gasteiger partial charge in [0.2, 0.25) is 6.41 Å². The highest BCUT2D eigenvalue weighted by molar-refractivity contribution is 5.94. The molecule has 0 atom stereocenters. The minimum atomic E-state index is -0.473. The Morgan fingerprint density at radius 3 is 2.36 bits per heavy atom. The molecule has 3 N–H and O–H groups in total. The van der Waals surface area contributed by atoms with E-state index in [-0.39, 0.29) is 11.3 Å². The molecule has 0 bridgehead atoms. The van der Waals surface area contributed by atoms with Crippen molar-refractivity contribution in [3.05, 3.63) is 65.1 Å². The summed E-state index contributed by atoms with van der Waals surface area (Å²) in [4.78, 5) is 32.9. The molecule has 3 aromatic rings. The first-order valence-electron chi connectivity index (χ1n) is 13.1. The number of allylic oxidation sites excluding steroid dienone is 2. The van der Waals surface area contributed by atoms with Crippen molar-refractivity contribution in [2.24, 2.45) is 5.73 Å². The molecule has 4 rings (SSSR count). The fourth-order valence-corrected chi connectivity index (χ4v) is 4.72. The molecule has 0 radical (unpaired) electrons. The van der Waals surface area contributed by atoms with E-state index < -0.39 is 5.54 Å². The summed E-state index contributed by atoms with van der Waals surface area (Å²) in [6.45, 7) is 17.4. The van der Waals surface area contributed by atoms with Crippen LogP contribution in [0, 0.1) is 12.3 Å². The fourth-order valence-electron chi connectivity index (χ4n) is 4.72. The summed E-state index contributed by atoms with van der Waals surface area (Å²) in [5, 5.41) is 11.7. The quantitative estimate of drug-likeness (QED) is 0.377. The number of amides is 2. The van der Waals surface area contributed by atoms with Gasteiger partial charge in [-0.15, -0.1) is 0 Å². The molecule has 0 spiro atoms. The van der Waals surface area contributed by atoms with Gasteiger partial charge in [0.25, 0.3) is 5.91 Å². The van der Waals surface area contributed by atoms with E-state index in [9.17, 15) is 9.59 Å². The second-order valence-corrected chi connectivity index (χ2v) is 11.9. The molecule has 3 heterocycles. The predicted octanol–water partition coefficient (Wildman–Crippen LogP) is 4.58. The highest BCUT2D eigenvalue weighted by Crippen LogP contribution is 2.31. The van der Waals surface area contributed by atoms with Crippen LogP contribution < -0.4 is 5.73 Å². The number of piperazine rings is 1. The van der Waals surface area contributed by atoms with Gasteiger partial charge < -0.3 is 20.9 Å². The first-order chi connectivity index (χ1) is 18.1. The third-order valence-electron chi connectivity index (χ3n) is 6.54. The fraction of sp³-hybridized carbons (Fsp3) is 0.433. The number of nitrogens with zero attached hydrogens (tertiary/aromatic N) is 5. The molecule has 1 aromatic carbocycles. The van der Waals surface area contributed by atoms with Crippen molar-refractivity contribution in [1.29, 1.82) is 5.41 Å². The molecule has 1 saturated heterocycles. The number of carbonyl (C=O) groups is 2. The zero-order valence-electron chi connectivity index (χ0n) is 24.4. The first kappa shape index (κ1) is 29.5. The van der Waals surface area contributed by atoms with Crippen LogP contribution in [0.1, 0.15) is 70.1 Å². The summed E-state index contributed by atoms with van der Waals surface area (Å²) >= 11 is 0. The highest BCUT2D eigenvalue weighted by Gasteiger charge is 2.38. The van der Waals surface area contributed by atoms with Gasteiger partial charge in [0.15, 0.2) is 5.65 Å². The van der Waals surface area contributed by atoms with Crippen LogP contribution in [0.25, 0.3) is 16.9 Å². The van der Waals surface area contributed by atoms with E-state index in [1.54, 1.807) is 35.5 Å². The Morgan fingerprint density at radius 1 is 1.15 bits per heavy atom. The molecule has 1 fully saturated rings. The number of carbonyl (C=O) groups excluding carboxylic acids is 2. The number of hydrogen-bond acceptors (Lipinski definition) is 6. The van der Waals surface area contributed by atoms with Crippen molar-refractivity contribution in [2.75, 3.05) is 19.6 Å². The number of nitrogens with one attached hydrogen (secondary N) is 1. The number of imidazole rings is 1. The third-order valence-corrected chi connectivity index (χ3v) is 6.54. The van der Waals surface area contributed by atoms with E-state index in [2.05, 4.69) is 45.9 Å². The molecule has 1 aliphatic heterocycles. The Labute approximate surface area is 231 Å². The standard InChI is InChI=1S/C25H31N5O2.C5H10N2/c1-17-8-7-9-18(12-17)20-13-19(24(2,3)4)22-26-21(14-30(22)27-20)23(32)29-11-10-28(16-31)15-25(29,5)6;1-4(6)3-5(2)7/h7-9,12-14,16H,10-11,15H2,1-6H3;3,6H,7H2,1-2H3/b;5-3-,6-4?. The van der Waals surface area contributed by atoms with Crippen molar-refractivity contribution in [1.82, 2.24) is 24.4 Å². The van der Waals surface area contributed by atoms with E-state index in [1.165, 1.54) is 5.56 Å². The Hall–Kier alpha value is -4.01. The van der Waals surface area contributed by atoms with Crippen molar-refractivity contribution in [2.45, 2.75) is 66.3 Å². The average molecular weight is 532 g/mol. The van der Waals surface area contributed by atoms with E-state index in [4.69, 9.17) is 21.2 Å².